The first kappa shape index (κ1) is 19.4. The van der Waals surface area contributed by atoms with Gasteiger partial charge in [0.15, 0.2) is 11.7 Å². The maximum Gasteiger partial charge on any atom is 0.358 e. The highest BCUT2D eigenvalue weighted by Crippen LogP contribution is 2.30. The lowest BCUT2D eigenvalue weighted by Gasteiger charge is -2.07. The van der Waals surface area contributed by atoms with Crippen LogP contribution in [0.2, 0.25) is 0 Å². The summed E-state index contributed by atoms with van der Waals surface area (Å²) in [6, 6.07) is 16.3. The van der Waals surface area contributed by atoms with Crippen LogP contribution in [0.25, 0.3) is 22.5 Å². The van der Waals surface area contributed by atoms with Crippen LogP contribution in [-0.2, 0) is 0 Å². The normalized spacial score (nSPS) is 14.7. The van der Waals surface area contributed by atoms with Gasteiger partial charge in [-0.15, -0.1) is 12.4 Å². The predicted molar refractivity (Wildman–Crippen MR) is 102 cm³/mol. The maximum absolute atomic E-state index is 12.5. The third-order valence-electron chi connectivity index (χ3n) is 4.12. The maximum atomic E-state index is 12.5. The highest BCUT2D eigenvalue weighted by molar-refractivity contribution is 5.86. The number of hydrogen-bond donors (Lipinski definition) is 2. The second-order valence-corrected chi connectivity index (χ2v) is 5.81. The minimum atomic E-state index is -0.298. The van der Waals surface area contributed by atoms with E-state index in [9.17, 15) is 9.90 Å². The summed E-state index contributed by atoms with van der Waals surface area (Å²) in [4.78, 5) is 17.2. The average Bonchev–Trinajstić information content (AvgIpc) is 2.90. The topological polar surface area (TPSA) is 97.6 Å². The number of carbonyl (C=O) groups excluding carboxylic acids is 1. The summed E-state index contributed by atoms with van der Waals surface area (Å²) in [5.41, 5.74) is 3.20. The first-order valence-electron chi connectivity index (χ1n) is 7.76. The van der Waals surface area contributed by atoms with Crippen LogP contribution < -0.4 is 9.88 Å². The Morgan fingerprint density at radius 2 is 1.69 bits per heavy atom. The van der Waals surface area contributed by atoms with E-state index in [-0.39, 0.29) is 35.6 Å². The SMILES string of the molecule is CC1Nc2c(-c3ccc(O)cc3)nc(-c3ccccc3)c[n+]2C1=O.Cl.O. The molecule has 4 rings (SSSR count). The van der Waals surface area contributed by atoms with Crippen LogP contribution in [0, 0.1) is 0 Å². The number of aromatic hydroxyl groups is 1. The van der Waals surface area contributed by atoms with Crippen LogP contribution in [0.5, 0.6) is 5.75 Å². The molecule has 0 saturated carbocycles. The zero-order valence-electron chi connectivity index (χ0n) is 14.0. The lowest BCUT2D eigenvalue weighted by Crippen LogP contribution is -2.42. The number of rotatable bonds is 2. The Kier molecular flexibility index (Phi) is 5.59. The molecule has 7 heteroatoms. The Bertz CT molecular complexity index is 931. The Balaban J connectivity index is 0.00000121. The van der Waals surface area contributed by atoms with Crippen LogP contribution in [0.15, 0.2) is 60.8 Å². The van der Waals surface area contributed by atoms with Crippen molar-refractivity contribution < 1.29 is 19.9 Å². The van der Waals surface area contributed by atoms with Crippen molar-refractivity contribution >= 4 is 24.1 Å². The molecule has 0 saturated heterocycles. The highest BCUT2D eigenvalue weighted by Gasteiger charge is 2.38. The number of nitrogens with one attached hydrogen (secondary N) is 1. The van der Waals surface area contributed by atoms with E-state index in [0.29, 0.717) is 11.5 Å². The molecule has 0 amide bonds. The summed E-state index contributed by atoms with van der Waals surface area (Å²) in [7, 11) is 0. The molecular formula is C19H19ClN3O3+. The standard InChI is InChI=1S/C19H15N3O2.ClH.H2O/c1-12-19(24)22-11-16(13-5-3-2-4-6-13)21-17(18(22)20-12)14-7-9-15(23)10-8-14;;/h2-12H,1H3,(H,21,23);1H;1H2/p+1. The van der Waals surface area contributed by atoms with E-state index in [4.69, 9.17) is 4.98 Å². The fourth-order valence-electron chi connectivity index (χ4n) is 2.86. The zero-order chi connectivity index (χ0) is 16.7. The number of anilines is 1. The van der Waals surface area contributed by atoms with Gasteiger partial charge in [0.05, 0.1) is 0 Å². The van der Waals surface area contributed by atoms with Gasteiger partial charge in [-0.25, -0.2) is 9.78 Å². The second-order valence-electron chi connectivity index (χ2n) is 5.81. The van der Waals surface area contributed by atoms with E-state index in [0.717, 1.165) is 16.8 Å². The van der Waals surface area contributed by atoms with Gasteiger partial charge in [0.2, 0.25) is 0 Å². The lowest BCUT2D eigenvalue weighted by atomic mass is 10.1. The fraction of sp³-hybridized carbons (Fsp3) is 0.105. The summed E-state index contributed by atoms with van der Waals surface area (Å²) < 4.78 is 1.63. The van der Waals surface area contributed by atoms with Gasteiger partial charge in [-0.1, -0.05) is 30.3 Å². The molecule has 2 aromatic carbocycles. The molecule has 26 heavy (non-hydrogen) atoms. The van der Waals surface area contributed by atoms with Gasteiger partial charge in [-0.3, -0.25) is 5.32 Å². The van der Waals surface area contributed by atoms with Crippen LogP contribution in [-0.4, -0.2) is 27.5 Å². The third kappa shape index (κ3) is 3.24. The fourth-order valence-corrected chi connectivity index (χ4v) is 2.86. The smallest absolute Gasteiger partial charge is 0.358 e. The number of aromatic nitrogens is 2. The average molecular weight is 373 g/mol. The van der Waals surface area contributed by atoms with Crippen molar-refractivity contribution in [3.05, 3.63) is 60.8 Å². The molecule has 1 aromatic heterocycles. The van der Waals surface area contributed by atoms with Crippen LogP contribution in [0.4, 0.5) is 5.82 Å². The Morgan fingerprint density at radius 3 is 2.35 bits per heavy atom. The first-order valence-corrected chi connectivity index (χ1v) is 7.76. The molecule has 0 radical (unpaired) electrons. The third-order valence-corrected chi connectivity index (χ3v) is 4.12. The predicted octanol–water partition coefficient (Wildman–Crippen LogP) is 2.46. The molecule has 0 bridgehead atoms. The molecular weight excluding hydrogens is 354 g/mol. The molecule has 6 nitrogen and oxygen atoms in total. The van der Waals surface area contributed by atoms with Gasteiger partial charge in [0, 0.05) is 11.1 Å². The number of phenolic OH excluding ortho intramolecular Hbond substituents is 1. The quantitative estimate of drug-likeness (QED) is 0.675. The van der Waals surface area contributed by atoms with Crippen LogP contribution >= 0.6 is 12.4 Å². The largest absolute Gasteiger partial charge is 0.508 e. The number of benzene rings is 2. The van der Waals surface area contributed by atoms with Gasteiger partial charge in [0.25, 0.3) is 0 Å². The number of phenols is 1. The summed E-state index contributed by atoms with van der Waals surface area (Å²) in [6.45, 7) is 1.83. The summed E-state index contributed by atoms with van der Waals surface area (Å²) >= 11 is 0. The number of nitrogens with zero attached hydrogens (tertiary/aromatic N) is 2. The molecule has 0 spiro atoms. The van der Waals surface area contributed by atoms with Gasteiger partial charge >= 0.3 is 11.7 Å². The number of fused-ring (bicyclic) bond motifs is 1. The molecule has 1 aliphatic heterocycles. The molecule has 1 atom stereocenters. The number of halogens is 1. The van der Waals surface area contributed by atoms with Gasteiger partial charge < -0.3 is 10.6 Å². The van der Waals surface area contributed by atoms with Crippen molar-refractivity contribution in [3.63, 3.8) is 0 Å². The first-order chi connectivity index (χ1) is 11.6. The van der Waals surface area contributed by atoms with Crippen molar-refractivity contribution in [1.82, 2.24) is 4.98 Å². The van der Waals surface area contributed by atoms with Gasteiger partial charge in [-0.05, 0) is 31.2 Å². The zero-order valence-corrected chi connectivity index (χ0v) is 14.8. The molecule has 4 N–H and O–H groups in total. The van der Waals surface area contributed by atoms with Crippen molar-refractivity contribution in [2.45, 2.75) is 13.0 Å². The molecule has 134 valence electrons. The van der Waals surface area contributed by atoms with Crippen LogP contribution in [0.3, 0.4) is 0 Å². The van der Waals surface area contributed by atoms with E-state index < -0.39 is 0 Å². The summed E-state index contributed by atoms with van der Waals surface area (Å²) in [5, 5.41) is 12.7. The highest BCUT2D eigenvalue weighted by atomic mass is 35.5. The molecule has 2 heterocycles. The Hall–Kier alpha value is -2.96. The Morgan fingerprint density at radius 1 is 1.04 bits per heavy atom. The van der Waals surface area contributed by atoms with E-state index >= 15 is 0 Å². The summed E-state index contributed by atoms with van der Waals surface area (Å²) in [5.74, 6) is 0.863. The van der Waals surface area contributed by atoms with Crippen molar-refractivity contribution in [1.29, 1.82) is 0 Å². The molecule has 1 unspecified atom stereocenters. The molecule has 0 aliphatic carbocycles. The monoisotopic (exact) mass is 372 g/mol. The van der Waals surface area contributed by atoms with Gasteiger partial charge in [-0.2, -0.15) is 4.57 Å². The van der Waals surface area contributed by atoms with E-state index in [1.807, 2.05) is 37.3 Å². The molecule has 1 aliphatic rings. The minimum Gasteiger partial charge on any atom is -0.508 e. The van der Waals surface area contributed by atoms with Gasteiger partial charge in [0.1, 0.15) is 17.6 Å². The lowest BCUT2D eigenvalue weighted by molar-refractivity contribution is -0.551. The molecule has 3 aromatic rings. The van der Waals surface area contributed by atoms with E-state index in [2.05, 4.69) is 5.32 Å². The van der Waals surface area contributed by atoms with Crippen LogP contribution in [0.1, 0.15) is 11.7 Å². The number of carbonyl (C=O) groups is 1. The van der Waals surface area contributed by atoms with Crippen molar-refractivity contribution in [3.8, 4) is 28.3 Å². The number of hydrogen-bond acceptors (Lipinski definition) is 4. The van der Waals surface area contributed by atoms with Crippen molar-refractivity contribution in [2.75, 3.05) is 5.32 Å². The van der Waals surface area contributed by atoms with E-state index in [1.165, 1.54) is 0 Å². The van der Waals surface area contributed by atoms with E-state index in [1.54, 1.807) is 35.0 Å². The van der Waals surface area contributed by atoms with Crippen molar-refractivity contribution in [2.24, 2.45) is 0 Å². The molecule has 0 fully saturated rings. The second kappa shape index (κ2) is 7.51. The minimum absolute atomic E-state index is 0. The summed E-state index contributed by atoms with van der Waals surface area (Å²) in [6.07, 6.45) is 1.77. The Labute approximate surface area is 156 Å².